The van der Waals surface area contributed by atoms with E-state index in [0.29, 0.717) is 6.42 Å². The highest BCUT2D eigenvalue weighted by molar-refractivity contribution is 5.76. The maximum Gasteiger partial charge on any atom is 0.220 e. The second-order valence-corrected chi connectivity index (χ2v) is 4.70. The first-order valence-electron chi connectivity index (χ1n) is 6.70. The highest BCUT2D eigenvalue weighted by Gasteiger charge is 2.06. The van der Waals surface area contributed by atoms with Gasteiger partial charge in [0.1, 0.15) is 0 Å². The van der Waals surface area contributed by atoms with E-state index < -0.39 is 0 Å². The highest BCUT2D eigenvalue weighted by atomic mass is 16.1. The molecule has 0 saturated heterocycles. The van der Waals surface area contributed by atoms with Crippen molar-refractivity contribution in [2.24, 2.45) is 0 Å². The van der Waals surface area contributed by atoms with Gasteiger partial charge in [-0.3, -0.25) is 4.79 Å². The van der Waals surface area contributed by atoms with Crippen molar-refractivity contribution in [1.82, 2.24) is 10.6 Å². The lowest BCUT2D eigenvalue weighted by atomic mass is 10.1. The Labute approximate surface area is 110 Å². The quantitative estimate of drug-likeness (QED) is 0.692. The molecule has 1 atom stereocenters. The fraction of sp³-hybridized carbons (Fsp3) is 0.533. The summed E-state index contributed by atoms with van der Waals surface area (Å²) in [5.74, 6) is 0.158. The zero-order valence-electron chi connectivity index (χ0n) is 11.4. The number of nitrogens with one attached hydrogen (secondary N) is 2. The summed E-state index contributed by atoms with van der Waals surface area (Å²) in [7, 11) is 1.90. The Bertz CT molecular complexity index is 338. The second kappa shape index (κ2) is 8.70. The van der Waals surface area contributed by atoms with Crippen molar-refractivity contribution in [2.45, 2.75) is 38.6 Å². The lowest BCUT2D eigenvalue weighted by Gasteiger charge is -2.13. The lowest BCUT2D eigenvalue weighted by molar-refractivity contribution is -0.121. The van der Waals surface area contributed by atoms with Crippen LogP contribution in [0.5, 0.6) is 0 Å². The van der Waals surface area contributed by atoms with Crippen LogP contribution in [0.3, 0.4) is 0 Å². The van der Waals surface area contributed by atoms with Gasteiger partial charge in [-0.05, 0) is 45.3 Å². The first kappa shape index (κ1) is 14.7. The Hall–Kier alpha value is -1.35. The fourth-order valence-corrected chi connectivity index (χ4v) is 1.87. The summed E-state index contributed by atoms with van der Waals surface area (Å²) >= 11 is 0. The van der Waals surface area contributed by atoms with E-state index in [-0.39, 0.29) is 11.9 Å². The van der Waals surface area contributed by atoms with E-state index in [1.54, 1.807) is 0 Å². The summed E-state index contributed by atoms with van der Waals surface area (Å²) in [5, 5.41) is 6.09. The molecular weight excluding hydrogens is 224 g/mol. The van der Waals surface area contributed by atoms with Crippen LogP contribution in [0.15, 0.2) is 30.3 Å². The van der Waals surface area contributed by atoms with Gasteiger partial charge in [0.05, 0.1) is 0 Å². The van der Waals surface area contributed by atoms with Crippen molar-refractivity contribution in [3.05, 3.63) is 35.9 Å². The Morgan fingerprint density at radius 1 is 1.28 bits per heavy atom. The predicted molar refractivity (Wildman–Crippen MR) is 75.5 cm³/mol. The first-order valence-corrected chi connectivity index (χ1v) is 6.70. The molecule has 1 aromatic rings. The Balaban J connectivity index is 2.17. The molecule has 0 heterocycles. The van der Waals surface area contributed by atoms with Gasteiger partial charge in [0.2, 0.25) is 5.91 Å². The molecule has 1 unspecified atom stereocenters. The zero-order valence-corrected chi connectivity index (χ0v) is 11.4. The summed E-state index contributed by atoms with van der Waals surface area (Å²) in [6.45, 7) is 2.96. The van der Waals surface area contributed by atoms with Gasteiger partial charge < -0.3 is 10.6 Å². The van der Waals surface area contributed by atoms with E-state index in [0.717, 1.165) is 25.8 Å². The fourth-order valence-electron chi connectivity index (χ4n) is 1.87. The van der Waals surface area contributed by atoms with Gasteiger partial charge in [0, 0.05) is 12.5 Å². The molecule has 0 aliphatic carbocycles. The van der Waals surface area contributed by atoms with Gasteiger partial charge >= 0.3 is 0 Å². The summed E-state index contributed by atoms with van der Waals surface area (Å²) in [5.41, 5.74) is 1.33. The number of aryl methyl sites for hydroxylation is 1. The molecule has 0 radical (unpaired) electrons. The van der Waals surface area contributed by atoms with Gasteiger partial charge in [-0.25, -0.2) is 0 Å². The molecule has 3 heteroatoms. The third kappa shape index (κ3) is 6.40. The van der Waals surface area contributed by atoms with Crippen LogP contribution in [0.1, 0.15) is 31.7 Å². The summed E-state index contributed by atoms with van der Waals surface area (Å²) < 4.78 is 0. The Kier molecular flexibility index (Phi) is 7.11. The van der Waals surface area contributed by atoms with Crippen LogP contribution in [0, 0.1) is 0 Å². The summed E-state index contributed by atoms with van der Waals surface area (Å²) in [6, 6.07) is 10.6. The van der Waals surface area contributed by atoms with Crippen molar-refractivity contribution >= 4 is 5.91 Å². The number of rotatable bonds is 8. The third-order valence-corrected chi connectivity index (χ3v) is 2.95. The van der Waals surface area contributed by atoms with E-state index in [2.05, 4.69) is 41.8 Å². The molecule has 0 aliphatic rings. The molecule has 0 aliphatic heterocycles. The number of carbonyl (C=O) groups is 1. The summed E-state index contributed by atoms with van der Waals surface area (Å²) in [4.78, 5) is 11.6. The maximum absolute atomic E-state index is 11.6. The van der Waals surface area contributed by atoms with Crippen molar-refractivity contribution < 1.29 is 4.79 Å². The SMILES string of the molecule is CNCCCC(=O)NC(C)CCc1ccccc1. The molecule has 0 bridgehead atoms. The van der Waals surface area contributed by atoms with Crippen molar-refractivity contribution in [3.63, 3.8) is 0 Å². The highest BCUT2D eigenvalue weighted by Crippen LogP contribution is 2.05. The van der Waals surface area contributed by atoms with E-state index in [1.165, 1.54) is 5.56 Å². The van der Waals surface area contributed by atoms with Gasteiger partial charge in [0.15, 0.2) is 0 Å². The molecule has 0 saturated carbocycles. The molecule has 1 amide bonds. The summed E-state index contributed by atoms with van der Waals surface area (Å²) in [6.07, 6.45) is 3.50. The van der Waals surface area contributed by atoms with Crippen molar-refractivity contribution in [2.75, 3.05) is 13.6 Å². The van der Waals surface area contributed by atoms with Crippen LogP contribution in [0.2, 0.25) is 0 Å². The van der Waals surface area contributed by atoms with Gasteiger partial charge in [-0.15, -0.1) is 0 Å². The largest absolute Gasteiger partial charge is 0.354 e. The Morgan fingerprint density at radius 3 is 2.67 bits per heavy atom. The first-order chi connectivity index (χ1) is 8.72. The number of hydrogen-bond donors (Lipinski definition) is 2. The molecule has 0 aromatic heterocycles. The molecular formula is C15H24N2O. The van der Waals surface area contributed by atoms with Crippen LogP contribution in [0.4, 0.5) is 0 Å². The van der Waals surface area contributed by atoms with Crippen molar-refractivity contribution in [3.8, 4) is 0 Å². The van der Waals surface area contributed by atoms with Gasteiger partial charge in [-0.2, -0.15) is 0 Å². The standard InChI is InChI=1S/C15H24N2O/c1-13(17-15(18)9-6-12-16-2)10-11-14-7-4-3-5-8-14/h3-5,7-8,13,16H,6,9-12H2,1-2H3,(H,17,18). The minimum absolute atomic E-state index is 0.158. The molecule has 18 heavy (non-hydrogen) atoms. The van der Waals surface area contributed by atoms with E-state index in [1.807, 2.05) is 13.1 Å². The monoisotopic (exact) mass is 248 g/mol. The lowest BCUT2D eigenvalue weighted by Crippen LogP contribution is -2.33. The van der Waals surface area contributed by atoms with Gasteiger partial charge in [-0.1, -0.05) is 30.3 Å². The van der Waals surface area contributed by atoms with E-state index >= 15 is 0 Å². The Morgan fingerprint density at radius 2 is 2.00 bits per heavy atom. The van der Waals surface area contributed by atoms with E-state index in [9.17, 15) is 4.79 Å². The van der Waals surface area contributed by atoms with Crippen LogP contribution < -0.4 is 10.6 Å². The minimum Gasteiger partial charge on any atom is -0.354 e. The average molecular weight is 248 g/mol. The van der Waals surface area contributed by atoms with Gasteiger partial charge in [0.25, 0.3) is 0 Å². The van der Waals surface area contributed by atoms with Crippen LogP contribution in [0.25, 0.3) is 0 Å². The van der Waals surface area contributed by atoms with Crippen molar-refractivity contribution in [1.29, 1.82) is 0 Å². The normalized spacial score (nSPS) is 12.1. The number of hydrogen-bond acceptors (Lipinski definition) is 2. The third-order valence-electron chi connectivity index (χ3n) is 2.95. The minimum atomic E-state index is 0.158. The number of amides is 1. The number of benzene rings is 1. The predicted octanol–water partition coefficient (Wildman–Crippen LogP) is 2.12. The maximum atomic E-state index is 11.6. The smallest absolute Gasteiger partial charge is 0.220 e. The molecule has 1 rings (SSSR count). The molecule has 1 aromatic carbocycles. The van der Waals surface area contributed by atoms with Crippen LogP contribution >= 0.6 is 0 Å². The topological polar surface area (TPSA) is 41.1 Å². The average Bonchev–Trinajstić information content (AvgIpc) is 2.38. The second-order valence-electron chi connectivity index (χ2n) is 4.70. The van der Waals surface area contributed by atoms with Crippen LogP contribution in [-0.4, -0.2) is 25.5 Å². The molecule has 100 valence electrons. The number of carbonyl (C=O) groups excluding carboxylic acids is 1. The molecule has 0 spiro atoms. The zero-order chi connectivity index (χ0) is 13.2. The molecule has 2 N–H and O–H groups in total. The molecule has 3 nitrogen and oxygen atoms in total. The van der Waals surface area contributed by atoms with E-state index in [4.69, 9.17) is 0 Å². The molecule has 0 fully saturated rings. The van der Waals surface area contributed by atoms with Crippen LogP contribution in [-0.2, 0) is 11.2 Å².